The average Bonchev–Trinajstić information content (AvgIpc) is 3.17. The molecule has 1 atom stereocenters. The molecule has 0 spiro atoms. The van der Waals surface area contributed by atoms with Crippen LogP contribution >= 0.6 is 0 Å². The smallest absolute Gasteiger partial charge is 0.224 e. The monoisotopic (exact) mass is 346 g/mol. The van der Waals surface area contributed by atoms with Crippen LogP contribution in [-0.4, -0.2) is 56.3 Å². The number of hydrogen-bond donors (Lipinski definition) is 1. The number of piperidine rings is 1. The topological polar surface area (TPSA) is 50.8 Å². The summed E-state index contributed by atoms with van der Waals surface area (Å²) in [5.74, 6) is 1.56. The van der Waals surface area contributed by atoms with Crippen LogP contribution in [0.25, 0.3) is 0 Å². The first-order valence-electron chi connectivity index (χ1n) is 9.55. The molecule has 1 aromatic rings. The molecule has 5 heteroatoms. The summed E-state index contributed by atoms with van der Waals surface area (Å²) < 4.78 is 10.9. The molecule has 0 radical (unpaired) electrons. The van der Waals surface area contributed by atoms with Crippen LogP contribution in [-0.2, 0) is 16.0 Å². The summed E-state index contributed by atoms with van der Waals surface area (Å²) in [5, 5.41) is 3.11. The highest BCUT2D eigenvalue weighted by atomic mass is 16.5. The van der Waals surface area contributed by atoms with Crippen molar-refractivity contribution in [1.82, 2.24) is 10.2 Å². The zero-order valence-corrected chi connectivity index (χ0v) is 15.2. The molecular formula is C20H30N2O3. The van der Waals surface area contributed by atoms with Crippen LogP contribution in [0.4, 0.5) is 0 Å². The van der Waals surface area contributed by atoms with Gasteiger partial charge < -0.3 is 14.8 Å². The lowest BCUT2D eigenvalue weighted by Crippen LogP contribution is -2.44. The number of amides is 1. The molecule has 2 saturated heterocycles. The minimum absolute atomic E-state index is 0.107. The van der Waals surface area contributed by atoms with E-state index in [-0.39, 0.29) is 5.91 Å². The van der Waals surface area contributed by atoms with E-state index < -0.39 is 0 Å². The van der Waals surface area contributed by atoms with Gasteiger partial charge >= 0.3 is 0 Å². The van der Waals surface area contributed by atoms with E-state index in [1.54, 1.807) is 0 Å². The number of benzene rings is 1. The highest BCUT2D eigenvalue weighted by Crippen LogP contribution is 2.22. The molecule has 3 rings (SSSR count). The molecule has 2 aliphatic rings. The van der Waals surface area contributed by atoms with Crippen molar-refractivity contribution in [2.24, 2.45) is 5.92 Å². The predicted molar refractivity (Wildman–Crippen MR) is 97.8 cm³/mol. The van der Waals surface area contributed by atoms with Crippen LogP contribution in [0.5, 0.6) is 5.75 Å². The Morgan fingerprint density at radius 2 is 2.00 bits per heavy atom. The first-order chi connectivity index (χ1) is 12.2. The third-order valence-electron chi connectivity index (χ3n) is 5.26. The SMILES string of the molecule is CCOc1ccc(CC(=O)NCC2CCN([C@H]3CCOC3)CC2)cc1. The van der Waals surface area contributed by atoms with Crippen molar-refractivity contribution < 1.29 is 14.3 Å². The van der Waals surface area contributed by atoms with Gasteiger partial charge in [0.15, 0.2) is 0 Å². The minimum atomic E-state index is 0.107. The fraction of sp³-hybridized carbons (Fsp3) is 0.650. The summed E-state index contributed by atoms with van der Waals surface area (Å²) in [5.41, 5.74) is 1.03. The van der Waals surface area contributed by atoms with Gasteiger partial charge in [-0.3, -0.25) is 9.69 Å². The molecule has 1 amide bonds. The lowest BCUT2D eigenvalue weighted by molar-refractivity contribution is -0.120. The van der Waals surface area contributed by atoms with Crippen LogP contribution in [0.2, 0.25) is 0 Å². The average molecular weight is 346 g/mol. The number of nitrogens with zero attached hydrogens (tertiary/aromatic N) is 1. The zero-order chi connectivity index (χ0) is 17.5. The van der Waals surface area contributed by atoms with Crippen molar-refractivity contribution >= 4 is 5.91 Å². The standard InChI is InChI=1S/C20H30N2O3/c1-2-25-19-5-3-16(4-6-19)13-20(23)21-14-17-7-10-22(11-8-17)18-9-12-24-15-18/h3-6,17-18H,2,7-15H2,1H3,(H,21,23)/t18-/m0/s1. The van der Waals surface area contributed by atoms with E-state index in [0.717, 1.165) is 44.2 Å². The Morgan fingerprint density at radius 3 is 2.64 bits per heavy atom. The molecule has 0 aliphatic carbocycles. The quantitative estimate of drug-likeness (QED) is 0.823. The largest absolute Gasteiger partial charge is 0.494 e. The van der Waals surface area contributed by atoms with Gasteiger partial charge in [-0.05, 0) is 62.9 Å². The lowest BCUT2D eigenvalue weighted by Gasteiger charge is -2.35. The summed E-state index contributed by atoms with van der Waals surface area (Å²) in [7, 11) is 0. The molecule has 2 fully saturated rings. The van der Waals surface area contributed by atoms with Crippen molar-refractivity contribution in [3.8, 4) is 5.75 Å². The molecule has 1 aromatic carbocycles. The third-order valence-corrected chi connectivity index (χ3v) is 5.26. The van der Waals surface area contributed by atoms with Gasteiger partial charge in [-0.15, -0.1) is 0 Å². The Labute approximate surface area is 150 Å². The maximum absolute atomic E-state index is 12.2. The Bertz CT molecular complexity index is 532. The number of likely N-dealkylation sites (tertiary alicyclic amines) is 1. The maximum Gasteiger partial charge on any atom is 0.224 e. The Kier molecular flexibility index (Phi) is 6.70. The van der Waals surface area contributed by atoms with E-state index >= 15 is 0 Å². The first-order valence-corrected chi connectivity index (χ1v) is 9.55. The second-order valence-corrected chi connectivity index (χ2v) is 7.05. The lowest BCUT2D eigenvalue weighted by atomic mass is 9.95. The normalized spacial score (nSPS) is 22.0. The molecule has 0 unspecified atom stereocenters. The van der Waals surface area contributed by atoms with E-state index in [1.165, 1.54) is 19.3 Å². The van der Waals surface area contributed by atoms with E-state index in [2.05, 4.69) is 10.2 Å². The summed E-state index contributed by atoms with van der Waals surface area (Å²) in [6.07, 6.45) is 3.94. The molecule has 0 aromatic heterocycles. The fourth-order valence-electron chi connectivity index (χ4n) is 3.71. The van der Waals surface area contributed by atoms with Crippen LogP contribution in [0, 0.1) is 5.92 Å². The van der Waals surface area contributed by atoms with Crippen molar-refractivity contribution in [2.75, 3.05) is 39.5 Å². The number of carbonyl (C=O) groups is 1. The van der Waals surface area contributed by atoms with Crippen molar-refractivity contribution in [1.29, 1.82) is 0 Å². The summed E-state index contributed by atoms with van der Waals surface area (Å²) in [4.78, 5) is 14.7. The highest BCUT2D eigenvalue weighted by molar-refractivity contribution is 5.78. The van der Waals surface area contributed by atoms with Gasteiger partial charge in [0.1, 0.15) is 5.75 Å². The molecule has 0 saturated carbocycles. The Hall–Kier alpha value is -1.59. The van der Waals surface area contributed by atoms with Gasteiger partial charge in [-0.1, -0.05) is 12.1 Å². The minimum Gasteiger partial charge on any atom is -0.494 e. The van der Waals surface area contributed by atoms with E-state index in [4.69, 9.17) is 9.47 Å². The van der Waals surface area contributed by atoms with Gasteiger partial charge in [0.2, 0.25) is 5.91 Å². The van der Waals surface area contributed by atoms with Gasteiger partial charge in [-0.25, -0.2) is 0 Å². The van der Waals surface area contributed by atoms with Crippen molar-refractivity contribution in [2.45, 2.75) is 38.6 Å². The maximum atomic E-state index is 12.2. The summed E-state index contributed by atoms with van der Waals surface area (Å²) in [6, 6.07) is 8.40. The molecule has 1 N–H and O–H groups in total. The number of rotatable bonds is 7. The van der Waals surface area contributed by atoms with Crippen LogP contribution < -0.4 is 10.1 Å². The number of carbonyl (C=O) groups excluding carboxylic acids is 1. The second kappa shape index (κ2) is 9.20. The van der Waals surface area contributed by atoms with E-state index in [0.29, 0.717) is 25.0 Å². The van der Waals surface area contributed by atoms with Crippen LogP contribution in [0.15, 0.2) is 24.3 Å². The van der Waals surface area contributed by atoms with Crippen LogP contribution in [0.1, 0.15) is 31.7 Å². The summed E-state index contributed by atoms with van der Waals surface area (Å²) in [6.45, 7) is 7.49. The molecule has 138 valence electrons. The Morgan fingerprint density at radius 1 is 1.24 bits per heavy atom. The fourth-order valence-corrected chi connectivity index (χ4v) is 3.71. The van der Waals surface area contributed by atoms with Crippen molar-refractivity contribution in [3.63, 3.8) is 0 Å². The van der Waals surface area contributed by atoms with Gasteiger partial charge in [0.25, 0.3) is 0 Å². The molecular weight excluding hydrogens is 316 g/mol. The molecule has 2 aliphatic heterocycles. The second-order valence-electron chi connectivity index (χ2n) is 7.05. The van der Waals surface area contributed by atoms with Gasteiger partial charge in [0.05, 0.1) is 19.6 Å². The molecule has 0 bridgehead atoms. The van der Waals surface area contributed by atoms with Crippen LogP contribution in [0.3, 0.4) is 0 Å². The van der Waals surface area contributed by atoms with Gasteiger partial charge in [0, 0.05) is 19.2 Å². The number of ether oxygens (including phenoxy) is 2. The molecule has 25 heavy (non-hydrogen) atoms. The highest BCUT2D eigenvalue weighted by Gasteiger charge is 2.27. The summed E-state index contributed by atoms with van der Waals surface area (Å²) >= 11 is 0. The molecule has 2 heterocycles. The van der Waals surface area contributed by atoms with E-state index in [1.807, 2.05) is 31.2 Å². The van der Waals surface area contributed by atoms with Gasteiger partial charge in [-0.2, -0.15) is 0 Å². The molecule has 5 nitrogen and oxygen atoms in total. The first kappa shape index (κ1) is 18.2. The van der Waals surface area contributed by atoms with E-state index in [9.17, 15) is 4.79 Å². The number of hydrogen-bond acceptors (Lipinski definition) is 4. The van der Waals surface area contributed by atoms with Crippen molar-refractivity contribution in [3.05, 3.63) is 29.8 Å². The predicted octanol–water partition coefficient (Wildman–Crippen LogP) is 2.24. The third kappa shape index (κ3) is 5.44. The zero-order valence-electron chi connectivity index (χ0n) is 15.2. The Balaban J connectivity index is 1.35. The number of nitrogens with one attached hydrogen (secondary N) is 1.